The Balaban J connectivity index is 5.23. The van der Waals surface area contributed by atoms with Crippen molar-refractivity contribution in [2.45, 2.75) is 458 Å². The minimum Gasteiger partial charge on any atom is -0.462 e. The maximum absolute atomic E-state index is 13.1. The van der Waals surface area contributed by atoms with Gasteiger partial charge in [-0.3, -0.25) is 37.3 Å². The molecule has 102 heavy (non-hydrogen) atoms. The summed E-state index contributed by atoms with van der Waals surface area (Å²) in [5.74, 6) is -0.600. The summed E-state index contributed by atoms with van der Waals surface area (Å²) in [5, 5.41) is 10.7. The van der Waals surface area contributed by atoms with Gasteiger partial charge >= 0.3 is 39.5 Å². The number of carbonyl (C=O) groups is 4. The normalized spacial score (nSPS) is 14.1. The maximum Gasteiger partial charge on any atom is 0.472 e. The molecule has 0 aromatic carbocycles. The van der Waals surface area contributed by atoms with Crippen LogP contribution in [0.3, 0.4) is 0 Å². The third-order valence-electron chi connectivity index (χ3n) is 19.8. The number of phosphoric ester groups is 2. The molecule has 3 unspecified atom stereocenters. The molecule has 0 aliphatic rings. The lowest BCUT2D eigenvalue weighted by Gasteiger charge is -2.21. The second kappa shape index (κ2) is 74.5. The quantitative estimate of drug-likeness (QED) is 0.0222. The Bertz CT molecular complexity index is 1960. The smallest absolute Gasteiger partial charge is 0.462 e. The molecule has 6 atom stereocenters. The summed E-state index contributed by atoms with van der Waals surface area (Å²) < 4.78 is 68.8. The van der Waals surface area contributed by atoms with Crippen molar-refractivity contribution in [3.8, 4) is 0 Å². The summed E-state index contributed by atoms with van der Waals surface area (Å²) in [6.07, 6.45) is 65.4. The van der Waals surface area contributed by atoms with Gasteiger partial charge in [-0.05, 0) is 37.5 Å². The van der Waals surface area contributed by atoms with Gasteiger partial charge in [-0.15, -0.1) is 0 Å². The van der Waals surface area contributed by atoms with Gasteiger partial charge in [0, 0.05) is 25.7 Å². The Kier molecular flexibility index (Phi) is 73.1. The number of ether oxygens (including phenoxy) is 4. The average Bonchev–Trinajstić information content (AvgIpc) is 1.18. The van der Waals surface area contributed by atoms with E-state index in [1.165, 1.54) is 250 Å². The standard InChI is InChI=1S/C83H162O17P2/c1-7-10-12-14-16-18-20-22-24-26-27-28-29-31-33-35-37-42-48-55-61-67-82(87)99-78(71-93-80(85)65-59-53-47-41-36-34-32-30-25-23-21-19-17-15-13-11-8-2)73-97-101(89,90)95-69-77(84)70-96-102(91,92)98-74-79(72-94-81(86)66-60-54-50-44-45-51-57-63-75(4)5)100-83(88)68-62-56-49-43-39-38-40-46-52-58-64-76(6)9-3/h75-79,84H,7-74H2,1-6H3,(H,89,90)(H,91,92)/t76?,77-,78-,79-/m1/s1. The van der Waals surface area contributed by atoms with Crippen molar-refractivity contribution >= 4 is 39.5 Å². The van der Waals surface area contributed by atoms with Crippen molar-refractivity contribution in [1.82, 2.24) is 0 Å². The molecule has 17 nitrogen and oxygen atoms in total. The average molecular weight is 1490 g/mol. The van der Waals surface area contributed by atoms with E-state index in [4.69, 9.17) is 37.0 Å². The zero-order valence-corrected chi connectivity index (χ0v) is 68.7. The Morgan fingerprint density at radius 3 is 0.745 bits per heavy atom. The zero-order chi connectivity index (χ0) is 74.9. The first kappa shape index (κ1) is 100. The summed E-state index contributed by atoms with van der Waals surface area (Å²) in [5.41, 5.74) is 0. The fraction of sp³-hybridized carbons (Fsp3) is 0.952. The molecular weight excluding hydrogens is 1330 g/mol. The van der Waals surface area contributed by atoms with Gasteiger partial charge in [-0.25, -0.2) is 9.13 Å². The number of unbranched alkanes of at least 4 members (excludes halogenated alkanes) is 51. The minimum absolute atomic E-state index is 0.106. The Hall–Kier alpha value is -1.94. The number of phosphoric acid groups is 2. The first-order valence-corrected chi connectivity index (χ1v) is 46.0. The van der Waals surface area contributed by atoms with E-state index in [1.54, 1.807) is 0 Å². The molecule has 0 rings (SSSR count). The topological polar surface area (TPSA) is 237 Å². The first-order valence-electron chi connectivity index (χ1n) is 43.0. The first-order chi connectivity index (χ1) is 49.4. The highest BCUT2D eigenvalue weighted by atomic mass is 31.2. The zero-order valence-electron chi connectivity index (χ0n) is 66.9. The minimum atomic E-state index is -4.96. The van der Waals surface area contributed by atoms with Crippen LogP contribution < -0.4 is 0 Å². The van der Waals surface area contributed by atoms with Crippen LogP contribution in [0.2, 0.25) is 0 Å². The van der Waals surface area contributed by atoms with Gasteiger partial charge in [0.2, 0.25) is 0 Å². The maximum atomic E-state index is 13.1. The molecule has 0 heterocycles. The molecule has 0 spiro atoms. The van der Waals surface area contributed by atoms with Crippen molar-refractivity contribution in [2.24, 2.45) is 11.8 Å². The molecule has 3 N–H and O–H groups in total. The largest absolute Gasteiger partial charge is 0.472 e. The van der Waals surface area contributed by atoms with Crippen LogP contribution in [-0.4, -0.2) is 96.7 Å². The highest BCUT2D eigenvalue weighted by molar-refractivity contribution is 7.47. The lowest BCUT2D eigenvalue weighted by atomic mass is 9.99. The van der Waals surface area contributed by atoms with Gasteiger partial charge in [-0.1, -0.05) is 388 Å². The molecule has 0 radical (unpaired) electrons. The van der Waals surface area contributed by atoms with E-state index in [9.17, 15) is 43.2 Å². The number of rotatable bonds is 82. The van der Waals surface area contributed by atoms with Gasteiger partial charge < -0.3 is 33.8 Å². The molecular formula is C83H162O17P2. The Labute approximate surface area is 626 Å². The van der Waals surface area contributed by atoms with Crippen molar-refractivity contribution in [3.63, 3.8) is 0 Å². The fourth-order valence-electron chi connectivity index (χ4n) is 12.9. The van der Waals surface area contributed by atoms with Crippen LogP contribution in [0.25, 0.3) is 0 Å². The van der Waals surface area contributed by atoms with E-state index < -0.39 is 97.5 Å². The second-order valence-corrected chi connectivity index (χ2v) is 33.5. The number of aliphatic hydroxyl groups excluding tert-OH is 1. The summed E-state index contributed by atoms with van der Waals surface area (Å²) in [6.45, 7) is 9.61. The van der Waals surface area contributed by atoms with Crippen molar-refractivity contribution < 1.29 is 80.2 Å². The number of aliphatic hydroxyl groups is 1. The van der Waals surface area contributed by atoms with Crippen molar-refractivity contribution in [2.75, 3.05) is 39.6 Å². The third kappa shape index (κ3) is 74.9. The van der Waals surface area contributed by atoms with Crippen LogP contribution in [-0.2, 0) is 65.4 Å². The van der Waals surface area contributed by atoms with E-state index in [0.29, 0.717) is 31.6 Å². The van der Waals surface area contributed by atoms with E-state index in [-0.39, 0.29) is 25.7 Å². The van der Waals surface area contributed by atoms with Crippen LogP contribution in [0.4, 0.5) is 0 Å². The second-order valence-electron chi connectivity index (χ2n) is 30.6. The van der Waals surface area contributed by atoms with Gasteiger partial charge in [-0.2, -0.15) is 0 Å². The number of hydrogen-bond donors (Lipinski definition) is 3. The summed E-state index contributed by atoms with van der Waals surface area (Å²) >= 11 is 0. The molecule has 19 heteroatoms. The Morgan fingerprint density at radius 2 is 0.500 bits per heavy atom. The molecule has 0 aromatic rings. The summed E-state index contributed by atoms with van der Waals surface area (Å²) in [4.78, 5) is 73.1. The van der Waals surface area contributed by atoms with Gasteiger partial charge in [0.05, 0.1) is 26.4 Å². The Morgan fingerprint density at radius 1 is 0.284 bits per heavy atom. The predicted molar refractivity (Wildman–Crippen MR) is 418 cm³/mol. The molecule has 0 saturated heterocycles. The molecule has 0 aromatic heterocycles. The lowest BCUT2D eigenvalue weighted by molar-refractivity contribution is -0.161. The molecule has 0 bridgehead atoms. The van der Waals surface area contributed by atoms with E-state index in [1.807, 2.05) is 0 Å². The number of esters is 4. The molecule has 606 valence electrons. The van der Waals surface area contributed by atoms with Crippen LogP contribution in [0.1, 0.15) is 440 Å². The van der Waals surface area contributed by atoms with E-state index in [2.05, 4.69) is 41.5 Å². The van der Waals surface area contributed by atoms with Crippen LogP contribution in [0, 0.1) is 11.8 Å². The lowest BCUT2D eigenvalue weighted by Crippen LogP contribution is -2.30. The highest BCUT2D eigenvalue weighted by Gasteiger charge is 2.30. The molecule has 0 fully saturated rings. The van der Waals surface area contributed by atoms with E-state index in [0.717, 1.165) is 102 Å². The van der Waals surface area contributed by atoms with Crippen molar-refractivity contribution in [3.05, 3.63) is 0 Å². The fourth-order valence-corrected chi connectivity index (χ4v) is 14.4. The van der Waals surface area contributed by atoms with Crippen LogP contribution in [0.15, 0.2) is 0 Å². The third-order valence-corrected chi connectivity index (χ3v) is 21.7. The van der Waals surface area contributed by atoms with E-state index >= 15 is 0 Å². The molecule has 0 aliphatic carbocycles. The highest BCUT2D eigenvalue weighted by Crippen LogP contribution is 2.45. The monoisotopic (exact) mass is 1490 g/mol. The molecule has 0 aliphatic heterocycles. The molecule has 0 saturated carbocycles. The van der Waals surface area contributed by atoms with Gasteiger partial charge in [0.15, 0.2) is 12.2 Å². The SMILES string of the molecule is CCCCCCCCCCCCCCCCCCCCCCCC(=O)O[C@H](COC(=O)CCCCCCCCCCCCCCCCCCC)COP(=O)(O)OC[C@@H](O)COP(=O)(O)OC[C@@H](COC(=O)CCCCCCCCCC(C)C)OC(=O)CCCCCCCCCCCCC(C)CC. The number of hydrogen-bond acceptors (Lipinski definition) is 15. The van der Waals surface area contributed by atoms with Crippen molar-refractivity contribution in [1.29, 1.82) is 0 Å². The molecule has 0 amide bonds. The van der Waals surface area contributed by atoms with Crippen LogP contribution >= 0.6 is 15.6 Å². The van der Waals surface area contributed by atoms with Gasteiger partial charge in [0.25, 0.3) is 0 Å². The van der Waals surface area contributed by atoms with Gasteiger partial charge in [0.1, 0.15) is 19.3 Å². The predicted octanol–water partition coefficient (Wildman–Crippen LogP) is 25.1. The summed E-state index contributed by atoms with van der Waals surface area (Å²) in [6, 6.07) is 0. The van der Waals surface area contributed by atoms with Crippen LogP contribution in [0.5, 0.6) is 0 Å². The number of carbonyl (C=O) groups excluding carboxylic acids is 4. The summed E-state index contributed by atoms with van der Waals surface area (Å²) in [7, 11) is -9.92.